The third kappa shape index (κ3) is 2.13. The Bertz CT molecular complexity index is 392. The van der Waals surface area contributed by atoms with Crippen LogP contribution < -0.4 is 5.48 Å². The number of nitrogens with one attached hydrogen (secondary N) is 1. The second kappa shape index (κ2) is 5.11. The van der Waals surface area contributed by atoms with Crippen molar-refractivity contribution in [2.75, 3.05) is 33.4 Å². The fourth-order valence-corrected chi connectivity index (χ4v) is 3.32. The summed E-state index contributed by atoms with van der Waals surface area (Å²) >= 11 is 0. The molecule has 1 aliphatic carbocycles. The maximum atomic E-state index is 11.6. The van der Waals surface area contributed by atoms with Gasteiger partial charge in [-0.3, -0.25) is 15.2 Å². The van der Waals surface area contributed by atoms with Crippen LogP contribution in [0.4, 0.5) is 0 Å². The molecular formula is C13H20N2O4. The number of hydrogen-bond acceptors (Lipinski definition) is 6. The SMILES string of the molecule is COC(=O)C1=CC2CCCC2(N2CCOCC2)ON1. The summed E-state index contributed by atoms with van der Waals surface area (Å²) in [4.78, 5) is 19.8. The second-order valence-corrected chi connectivity index (χ2v) is 5.22. The van der Waals surface area contributed by atoms with Crippen molar-refractivity contribution in [1.29, 1.82) is 0 Å². The molecule has 3 rings (SSSR count). The lowest BCUT2D eigenvalue weighted by atomic mass is 9.94. The number of hydroxylamine groups is 1. The Morgan fingerprint density at radius 1 is 1.53 bits per heavy atom. The van der Waals surface area contributed by atoms with E-state index in [0.717, 1.165) is 45.6 Å². The number of carbonyl (C=O) groups is 1. The van der Waals surface area contributed by atoms with Crippen molar-refractivity contribution in [3.63, 3.8) is 0 Å². The normalized spacial score (nSPS) is 35.2. The average Bonchev–Trinajstić information content (AvgIpc) is 2.91. The summed E-state index contributed by atoms with van der Waals surface area (Å²) in [6.45, 7) is 3.23. The van der Waals surface area contributed by atoms with E-state index in [1.165, 1.54) is 7.11 Å². The van der Waals surface area contributed by atoms with Crippen molar-refractivity contribution < 1.29 is 19.1 Å². The van der Waals surface area contributed by atoms with Gasteiger partial charge in [0.1, 0.15) is 5.70 Å². The van der Waals surface area contributed by atoms with Gasteiger partial charge in [-0.25, -0.2) is 4.79 Å². The van der Waals surface area contributed by atoms with Crippen molar-refractivity contribution in [2.24, 2.45) is 5.92 Å². The molecule has 3 aliphatic rings. The zero-order valence-electron chi connectivity index (χ0n) is 11.2. The Labute approximate surface area is 112 Å². The van der Waals surface area contributed by atoms with E-state index in [9.17, 15) is 4.79 Å². The molecule has 0 aromatic heterocycles. The van der Waals surface area contributed by atoms with E-state index >= 15 is 0 Å². The third-order valence-electron chi connectivity index (χ3n) is 4.29. The van der Waals surface area contributed by atoms with Gasteiger partial charge < -0.3 is 9.47 Å². The van der Waals surface area contributed by atoms with E-state index in [-0.39, 0.29) is 17.6 Å². The van der Waals surface area contributed by atoms with Crippen LogP contribution >= 0.6 is 0 Å². The number of hydrogen-bond donors (Lipinski definition) is 1. The molecule has 0 amide bonds. The minimum absolute atomic E-state index is 0.237. The van der Waals surface area contributed by atoms with Crippen LogP contribution in [0.5, 0.6) is 0 Å². The molecule has 0 spiro atoms. The fraction of sp³-hybridized carbons (Fsp3) is 0.769. The van der Waals surface area contributed by atoms with Crippen molar-refractivity contribution in [1.82, 2.24) is 10.4 Å². The summed E-state index contributed by atoms with van der Waals surface area (Å²) in [5.74, 6) is -0.136. The zero-order chi connectivity index (χ0) is 13.3. The molecular weight excluding hydrogens is 248 g/mol. The molecule has 19 heavy (non-hydrogen) atoms. The summed E-state index contributed by atoms with van der Waals surface area (Å²) < 4.78 is 10.1. The van der Waals surface area contributed by atoms with Gasteiger partial charge in [0.05, 0.1) is 20.3 Å². The highest BCUT2D eigenvalue weighted by atomic mass is 16.7. The number of morpholine rings is 1. The van der Waals surface area contributed by atoms with Gasteiger partial charge in [0.2, 0.25) is 0 Å². The lowest BCUT2D eigenvalue weighted by Crippen LogP contribution is -2.60. The molecule has 0 aromatic carbocycles. The van der Waals surface area contributed by atoms with Crippen LogP contribution in [0.2, 0.25) is 0 Å². The molecule has 0 aromatic rings. The molecule has 0 radical (unpaired) electrons. The number of ether oxygens (including phenoxy) is 2. The highest BCUT2D eigenvalue weighted by Gasteiger charge is 2.51. The monoisotopic (exact) mass is 268 g/mol. The van der Waals surface area contributed by atoms with E-state index in [1.807, 2.05) is 6.08 Å². The number of nitrogens with zero attached hydrogens (tertiary/aromatic N) is 1. The lowest BCUT2D eigenvalue weighted by Gasteiger charge is -2.47. The first kappa shape index (κ1) is 12.9. The van der Waals surface area contributed by atoms with E-state index in [4.69, 9.17) is 14.3 Å². The molecule has 6 nitrogen and oxygen atoms in total. The summed E-state index contributed by atoms with van der Waals surface area (Å²) in [5, 5.41) is 0. The van der Waals surface area contributed by atoms with Crippen molar-refractivity contribution in [3.05, 3.63) is 11.8 Å². The molecule has 2 atom stereocenters. The molecule has 2 aliphatic heterocycles. The molecule has 1 saturated heterocycles. The summed E-state index contributed by atoms with van der Waals surface area (Å²) in [7, 11) is 1.38. The van der Waals surface area contributed by atoms with Gasteiger partial charge in [-0.15, -0.1) is 0 Å². The number of carbonyl (C=O) groups excluding carboxylic acids is 1. The first-order valence-corrected chi connectivity index (χ1v) is 6.83. The molecule has 2 unspecified atom stereocenters. The Morgan fingerprint density at radius 3 is 3.05 bits per heavy atom. The second-order valence-electron chi connectivity index (χ2n) is 5.22. The summed E-state index contributed by atoms with van der Waals surface area (Å²) in [6, 6.07) is 0. The Morgan fingerprint density at radius 2 is 2.32 bits per heavy atom. The molecule has 6 heteroatoms. The quantitative estimate of drug-likeness (QED) is 0.732. The van der Waals surface area contributed by atoms with Gasteiger partial charge >= 0.3 is 5.97 Å². The highest BCUT2D eigenvalue weighted by molar-refractivity contribution is 5.87. The van der Waals surface area contributed by atoms with Gasteiger partial charge in [0.25, 0.3) is 0 Å². The van der Waals surface area contributed by atoms with Crippen LogP contribution in [-0.2, 0) is 19.1 Å². The van der Waals surface area contributed by atoms with Crippen LogP contribution in [0.1, 0.15) is 19.3 Å². The fourth-order valence-electron chi connectivity index (χ4n) is 3.32. The van der Waals surface area contributed by atoms with Crippen LogP contribution in [-0.4, -0.2) is 50.0 Å². The Hall–Kier alpha value is -1.11. The topological polar surface area (TPSA) is 60.0 Å². The molecule has 0 bridgehead atoms. The van der Waals surface area contributed by atoms with E-state index in [1.54, 1.807) is 0 Å². The Kier molecular flexibility index (Phi) is 3.47. The highest BCUT2D eigenvalue weighted by Crippen LogP contribution is 2.44. The predicted molar refractivity (Wildman–Crippen MR) is 66.8 cm³/mol. The number of fused-ring (bicyclic) bond motifs is 1. The first-order chi connectivity index (χ1) is 9.26. The number of esters is 1. The molecule has 1 N–H and O–H groups in total. The van der Waals surface area contributed by atoms with Crippen LogP contribution in [0, 0.1) is 5.92 Å². The first-order valence-electron chi connectivity index (χ1n) is 6.83. The van der Waals surface area contributed by atoms with E-state index in [0.29, 0.717) is 5.70 Å². The predicted octanol–water partition coefficient (Wildman–Crippen LogP) is 0.407. The van der Waals surface area contributed by atoms with Crippen molar-refractivity contribution in [3.8, 4) is 0 Å². The zero-order valence-corrected chi connectivity index (χ0v) is 11.2. The number of methoxy groups -OCH3 is 1. The van der Waals surface area contributed by atoms with Gasteiger partial charge in [0.15, 0.2) is 5.72 Å². The summed E-state index contributed by atoms with van der Waals surface area (Å²) in [5.41, 5.74) is 2.88. The maximum absolute atomic E-state index is 11.6. The number of rotatable bonds is 2. The smallest absolute Gasteiger partial charge is 0.356 e. The van der Waals surface area contributed by atoms with Gasteiger partial charge in [-0.1, -0.05) is 0 Å². The lowest BCUT2D eigenvalue weighted by molar-refractivity contribution is -0.225. The van der Waals surface area contributed by atoms with Gasteiger partial charge in [-0.05, 0) is 25.3 Å². The van der Waals surface area contributed by atoms with Crippen molar-refractivity contribution in [2.45, 2.75) is 25.0 Å². The van der Waals surface area contributed by atoms with Gasteiger partial charge in [-0.2, -0.15) is 0 Å². The molecule has 2 fully saturated rings. The largest absolute Gasteiger partial charge is 0.464 e. The summed E-state index contributed by atoms with van der Waals surface area (Å²) in [6.07, 6.45) is 5.10. The molecule has 1 saturated carbocycles. The minimum atomic E-state index is -0.373. The third-order valence-corrected chi connectivity index (χ3v) is 4.29. The van der Waals surface area contributed by atoms with Gasteiger partial charge in [0, 0.05) is 19.0 Å². The Balaban J connectivity index is 1.82. The van der Waals surface area contributed by atoms with E-state index < -0.39 is 0 Å². The van der Waals surface area contributed by atoms with Crippen LogP contribution in [0.25, 0.3) is 0 Å². The van der Waals surface area contributed by atoms with Crippen LogP contribution in [0.15, 0.2) is 11.8 Å². The minimum Gasteiger partial charge on any atom is -0.464 e. The van der Waals surface area contributed by atoms with E-state index in [2.05, 4.69) is 10.4 Å². The van der Waals surface area contributed by atoms with Crippen LogP contribution in [0.3, 0.4) is 0 Å². The van der Waals surface area contributed by atoms with Crippen molar-refractivity contribution >= 4 is 5.97 Å². The molecule has 2 heterocycles. The average molecular weight is 268 g/mol. The molecule has 106 valence electrons. The standard InChI is InChI=1S/C13H20N2O4/c1-17-12(16)11-9-10-3-2-4-13(10,19-14-11)15-5-7-18-8-6-15/h9-10,14H,2-8H2,1H3. The maximum Gasteiger partial charge on any atom is 0.356 e.